The Morgan fingerprint density at radius 3 is 2.58 bits per heavy atom. The highest BCUT2D eigenvalue weighted by Crippen LogP contribution is 2.44. The highest BCUT2D eigenvalue weighted by atomic mass is 32.2. The van der Waals surface area contributed by atoms with Crippen LogP contribution in [-0.2, 0) is 16.6 Å². The molecule has 0 aliphatic carbocycles. The van der Waals surface area contributed by atoms with Crippen LogP contribution in [0.3, 0.4) is 0 Å². The van der Waals surface area contributed by atoms with E-state index in [9.17, 15) is 8.42 Å². The Morgan fingerprint density at radius 1 is 1.08 bits per heavy atom. The number of unbranched alkanes of at least 4 members (excludes halogenated alkanes) is 2. The van der Waals surface area contributed by atoms with Gasteiger partial charge in [0.1, 0.15) is 31.1 Å². The van der Waals surface area contributed by atoms with E-state index in [2.05, 4.69) is 9.97 Å². The Labute approximate surface area is 212 Å². The number of aromatic nitrogens is 4. The minimum absolute atomic E-state index is 0.0441. The average Bonchev–Trinajstić information content (AvgIpc) is 3.42. The van der Waals surface area contributed by atoms with Crippen molar-refractivity contribution < 1.29 is 22.3 Å². The Hall–Kier alpha value is -3.29. The van der Waals surface area contributed by atoms with Gasteiger partial charge in [-0.05, 0) is 44.0 Å². The number of nitrogens with two attached hydrogens (primary N) is 2. The minimum Gasteiger partial charge on any atom is -0.486 e. The van der Waals surface area contributed by atoms with Crippen LogP contribution >= 0.6 is 11.8 Å². The molecule has 11 nitrogen and oxygen atoms in total. The lowest BCUT2D eigenvalue weighted by molar-refractivity contribution is 0.171. The van der Waals surface area contributed by atoms with Crippen molar-refractivity contribution in [1.82, 2.24) is 19.5 Å². The van der Waals surface area contributed by atoms with Crippen molar-refractivity contribution in [1.29, 1.82) is 0 Å². The van der Waals surface area contributed by atoms with Crippen molar-refractivity contribution in [2.24, 2.45) is 5.14 Å². The summed E-state index contributed by atoms with van der Waals surface area (Å²) in [6, 6.07) is 7.68. The fourth-order valence-corrected chi connectivity index (χ4v) is 5.65. The molecule has 4 N–H and O–H groups in total. The van der Waals surface area contributed by atoms with Gasteiger partial charge >= 0.3 is 0 Å². The number of hydrogen-bond acceptors (Lipinski definition) is 10. The second-order valence-corrected chi connectivity index (χ2v) is 11.2. The normalized spacial score (nSPS) is 13.4. The van der Waals surface area contributed by atoms with E-state index in [1.807, 2.05) is 35.8 Å². The Balaban J connectivity index is 1.50. The molecule has 3 aromatic heterocycles. The lowest BCUT2D eigenvalue weighted by Gasteiger charge is -2.20. The van der Waals surface area contributed by atoms with Gasteiger partial charge in [-0.2, -0.15) is 0 Å². The number of nitrogen functional groups attached to an aromatic ring is 1. The van der Waals surface area contributed by atoms with Gasteiger partial charge in [-0.15, -0.1) is 0 Å². The first-order chi connectivity index (χ1) is 17.3. The van der Waals surface area contributed by atoms with Crippen molar-refractivity contribution in [3.63, 3.8) is 0 Å². The van der Waals surface area contributed by atoms with Gasteiger partial charge in [-0.1, -0.05) is 18.2 Å². The SMILES string of the molecule is Cc1ccc(-c2cc3c(cc2Sc2nc4c(N)ncnc4n2CCCCCS(N)(=O)=O)OCCO3)o1. The minimum atomic E-state index is -3.48. The number of ether oxygens (including phenoxy) is 2. The molecule has 0 radical (unpaired) electrons. The van der Waals surface area contributed by atoms with Gasteiger partial charge in [-0.25, -0.2) is 28.5 Å². The molecule has 0 unspecified atom stereocenters. The molecule has 13 heteroatoms. The van der Waals surface area contributed by atoms with E-state index in [0.717, 1.165) is 16.2 Å². The lowest BCUT2D eigenvalue weighted by atomic mass is 10.1. The number of sulfonamides is 1. The van der Waals surface area contributed by atoms with Gasteiger partial charge in [0.25, 0.3) is 0 Å². The van der Waals surface area contributed by atoms with Crippen LogP contribution in [0.1, 0.15) is 25.0 Å². The standard InChI is InChI=1S/C23H26N6O5S2/c1-14-5-6-16(34-14)15-11-17-18(33-9-8-32-17)12-19(15)35-23-28-20-21(24)26-13-27-22(20)29(23)7-3-2-4-10-36(25,30)31/h5-6,11-13H,2-4,7-10H2,1H3,(H2,24,26,27)(H2,25,30,31). The fraction of sp³-hybridized carbons (Fsp3) is 0.348. The smallest absolute Gasteiger partial charge is 0.209 e. The molecule has 0 spiro atoms. The van der Waals surface area contributed by atoms with Gasteiger partial charge in [0.15, 0.2) is 33.6 Å². The molecule has 0 amide bonds. The number of rotatable bonds is 9. The van der Waals surface area contributed by atoms with Gasteiger partial charge in [0.2, 0.25) is 10.0 Å². The molecule has 0 bridgehead atoms. The zero-order valence-electron chi connectivity index (χ0n) is 19.6. The Kier molecular flexibility index (Phi) is 6.77. The van der Waals surface area contributed by atoms with Gasteiger partial charge in [-0.3, -0.25) is 0 Å². The molecule has 5 rings (SSSR count). The quantitative estimate of drug-likeness (QED) is 0.307. The number of anilines is 1. The lowest BCUT2D eigenvalue weighted by Crippen LogP contribution is -2.16. The van der Waals surface area contributed by atoms with Gasteiger partial charge < -0.3 is 24.2 Å². The van der Waals surface area contributed by atoms with E-state index in [1.165, 1.54) is 18.1 Å². The van der Waals surface area contributed by atoms with Crippen LogP contribution < -0.4 is 20.3 Å². The molecule has 0 saturated heterocycles. The number of nitrogens with zero attached hydrogens (tertiary/aromatic N) is 4. The third kappa shape index (κ3) is 5.27. The van der Waals surface area contributed by atoms with Crippen molar-refractivity contribution in [2.75, 3.05) is 24.7 Å². The largest absolute Gasteiger partial charge is 0.486 e. The van der Waals surface area contributed by atoms with Crippen LogP contribution in [0.15, 0.2) is 45.1 Å². The molecule has 1 aliphatic heterocycles. The summed E-state index contributed by atoms with van der Waals surface area (Å²) in [5, 5.41) is 5.79. The summed E-state index contributed by atoms with van der Waals surface area (Å²) in [4.78, 5) is 14.1. The molecule has 4 aromatic rings. The summed E-state index contributed by atoms with van der Waals surface area (Å²) >= 11 is 1.44. The molecule has 0 saturated carbocycles. The maximum Gasteiger partial charge on any atom is 0.209 e. The molecular weight excluding hydrogens is 504 g/mol. The predicted octanol–water partition coefficient (Wildman–Crippen LogP) is 3.36. The highest BCUT2D eigenvalue weighted by molar-refractivity contribution is 7.99. The number of imidazole rings is 1. The van der Waals surface area contributed by atoms with Crippen LogP contribution in [0.25, 0.3) is 22.5 Å². The number of benzene rings is 1. The first kappa shape index (κ1) is 24.4. The predicted molar refractivity (Wildman–Crippen MR) is 136 cm³/mol. The second kappa shape index (κ2) is 9.99. The molecule has 4 heterocycles. The zero-order valence-corrected chi connectivity index (χ0v) is 21.3. The summed E-state index contributed by atoms with van der Waals surface area (Å²) < 4.78 is 42.0. The third-order valence-electron chi connectivity index (χ3n) is 5.69. The molecule has 1 aliphatic rings. The summed E-state index contributed by atoms with van der Waals surface area (Å²) in [5.74, 6) is 3.06. The monoisotopic (exact) mass is 530 g/mol. The van der Waals surface area contributed by atoms with Crippen LogP contribution in [-0.4, -0.2) is 46.9 Å². The van der Waals surface area contributed by atoms with Crippen molar-refractivity contribution >= 4 is 38.8 Å². The van der Waals surface area contributed by atoms with E-state index in [-0.39, 0.29) is 5.75 Å². The van der Waals surface area contributed by atoms with Crippen molar-refractivity contribution in [3.8, 4) is 22.8 Å². The fourth-order valence-electron chi connectivity index (χ4n) is 3.99. The summed E-state index contributed by atoms with van der Waals surface area (Å²) in [5.41, 5.74) is 8.08. The van der Waals surface area contributed by atoms with E-state index >= 15 is 0 Å². The van der Waals surface area contributed by atoms with Gasteiger partial charge in [0.05, 0.1) is 5.75 Å². The van der Waals surface area contributed by atoms with Crippen LogP contribution in [0.5, 0.6) is 11.5 Å². The Morgan fingerprint density at radius 2 is 1.86 bits per heavy atom. The molecule has 0 atom stereocenters. The molecule has 0 fully saturated rings. The third-order valence-corrected chi connectivity index (χ3v) is 7.60. The van der Waals surface area contributed by atoms with Gasteiger partial charge in [0, 0.05) is 17.0 Å². The van der Waals surface area contributed by atoms with Crippen LogP contribution in [0.2, 0.25) is 0 Å². The van der Waals surface area contributed by atoms with E-state index in [4.69, 9.17) is 29.7 Å². The number of primary sulfonamides is 1. The van der Waals surface area contributed by atoms with Crippen molar-refractivity contribution in [3.05, 3.63) is 36.4 Å². The molecule has 190 valence electrons. The first-order valence-electron chi connectivity index (χ1n) is 11.4. The second-order valence-electron chi connectivity index (χ2n) is 8.41. The first-order valence-corrected chi connectivity index (χ1v) is 14.0. The van der Waals surface area contributed by atoms with E-state index < -0.39 is 10.0 Å². The number of hydrogen-bond donors (Lipinski definition) is 2. The summed E-state index contributed by atoms with van der Waals surface area (Å²) in [7, 11) is -3.48. The maximum atomic E-state index is 11.2. The van der Waals surface area contributed by atoms with Crippen LogP contribution in [0.4, 0.5) is 5.82 Å². The maximum absolute atomic E-state index is 11.2. The summed E-state index contributed by atoms with van der Waals surface area (Å²) in [6.45, 7) is 3.42. The topological polar surface area (TPSA) is 161 Å². The van der Waals surface area contributed by atoms with Crippen molar-refractivity contribution in [2.45, 2.75) is 42.8 Å². The van der Waals surface area contributed by atoms with E-state index in [1.54, 1.807) is 0 Å². The molecular formula is C23H26N6O5S2. The average molecular weight is 531 g/mol. The molecule has 36 heavy (non-hydrogen) atoms. The van der Waals surface area contributed by atoms with Crippen LogP contribution in [0, 0.1) is 6.92 Å². The van der Waals surface area contributed by atoms with E-state index in [0.29, 0.717) is 78.4 Å². The Bertz CT molecular complexity index is 1510. The summed E-state index contributed by atoms with van der Waals surface area (Å²) in [6.07, 6.45) is 3.28. The number of aryl methyl sites for hydroxylation is 2. The number of furan rings is 1. The zero-order chi connectivity index (χ0) is 25.3. The molecule has 1 aromatic carbocycles. The number of fused-ring (bicyclic) bond motifs is 2. The highest BCUT2D eigenvalue weighted by Gasteiger charge is 2.22.